The number of nitrogens with zero attached hydrogens (tertiary/aromatic N) is 1. The SMILES string of the molecule is ON=C1C[CH]C1I. The second-order valence-corrected chi connectivity index (χ2v) is 2.77. The van der Waals surface area contributed by atoms with Crippen molar-refractivity contribution in [3.8, 4) is 0 Å². The summed E-state index contributed by atoms with van der Waals surface area (Å²) in [4.78, 5) is 0. The van der Waals surface area contributed by atoms with E-state index in [4.69, 9.17) is 5.21 Å². The van der Waals surface area contributed by atoms with Gasteiger partial charge in [-0.25, -0.2) is 0 Å². The summed E-state index contributed by atoms with van der Waals surface area (Å²) in [5, 5.41) is 11.2. The van der Waals surface area contributed by atoms with Gasteiger partial charge in [-0.05, 0) is 12.8 Å². The van der Waals surface area contributed by atoms with Crippen LogP contribution in [0.15, 0.2) is 5.16 Å². The van der Waals surface area contributed by atoms with Crippen molar-refractivity contribution in [2.24, 2.45) is 5.16 Å². The summed E-state index contributed by atoms with van der Waals surface area (Å²) in [7, 11) is 0. The number of hydrogen-bond acceptors (Lipinski definition) is 2. The maximum absolute atomic E-state index is 8.12. The van der Waals surface area contributed by atoms with Crippen molar-refractivity contribution < 1.29 is 5.21 Å². The molecule has 1 aliphatic carbocycles. The van der Waals surface area contributed by atoms with Gasteiger partial charge in [-0.1, -0.05) is 27.7 Å². The van der Waals surface area contributed by atoms with Crippen LogP contribution in [0.1, 0.15) is 6.42 Å². The molecule has 0 saturated heterocycles. The summed E-state index contributed by atoms with van der Waals surface area (Å²) in [5.74, 6) is 0. The molecule has 1 saturated carbocycles. The maximum Gasteiger partial charge on any atom is 0.0705 e. The van der Waals surface area contributed by atoms with E-state index in [0.29, 0.717) is 3.92 Å². The standard InChI is InChI=1S/C4H5INO/c5-3-1-2-4(3)6-7/h1,3,7H,2H2. The zero-order chi connectivity index (χ0) is 5.28. The van der Waals surface area contributed by atoms with Gasteiger partial charge >= 0.3 is 0 Å². The van der Waals surface area contributed by atoms with E-state index >= 15 is 0 Å². The van der Waals surface area contributed by atoms with Crippen molar-refractivity contribution in [1.82, 2.24) is 0 Å². The van der Waals surface area contributed by atoms with Crippen molar-refractivity contribution in [3.05, 3.63) is 6.42 Å². The third-order valence-corrected chi connectivity index (χ3v) is 2.21. The molecule has 39 valence electrons. The zero-order valence-electron chi connectivity index (χ0n) is 3.63. The Morgan fingerprint density at radius 2 is 2.71 bits per heavy atom. The lowest BCUT2D eigenvalue weighted by molar-refractivity contribution is 0.315. The molecule has 0 aromatic carbocycles. The Labute approximate surface area is 55.7 Å². The van der Waals surface area contributed by atoms with Gasteiger partial charge in [0, 0.05) is 0 Å². The van der Waals surface area contributed by atoms with E-state index < -0.39 is 0 Å². The Balaban J connectivity index is 2.44. The van der Waals surface area contributed by atoms with Crippen molar-refractivity contribution in [3.63, 3.8) is 0 Å². The zero-order valence-corrected chi connectivity index (χ0v) is 5.79. The topological polar surface area (TPSA) is 32.6 Å². The van der Waals surface area contributed by atoms with Gasteiger partial charge in [0.05, 0.1) is 9.64 Å². The highest BCUT2D eigenvalue weighted by Crippen LogP contribution is 2.22. The van der Waals surface area contributed by atoms with Gasteiger partial charge in [0.25, 0.3) is 0 Å². The Hall–Kier alpha value is 0.200. The largest absolute Gasteiger partial charge is 0.411 e. The molecule has 1 unspecified atom stereocenters. The fourth-order valence-electron chi connectivity index (χ4n) is 0.408. The predicted molar refractivity (Wildman–Crippen MR) is 35.9 cm³/mol. The minimum Gasteiger partial charge on any atom is -0.411 e. The summed E-state index contributed by atoms with van der Waals surface area (Å²) in [6, 6.07) is 0. The highest BCUT2D eigenvalue weighted by Gasteiger charge is 2.23. The lowest BCUT2D eigenvalue weighted by Crippen LogP contribution is -2.26. The molecule has 0 heterocycles. The third kappa shape index (κ3) is 0.872. The Morgan fingerprint density at radius 1 is 2.00 bits per heavy atom. The first-order valence-corrected chi connectivity index (χ1v) is 3.27. The van der Waals surface area contributed by atoms with Gasteiger partial charge in [-0.3, -0.25) is 0 Å². The van der Waals surface area contributed by atoms with E-state index in [2.05, 4.69) is 34.2 Å². The molecule has 1 N–H and O–H groups in total. The normalized spacial score (nSPS) is 35.6. The number of rotatable bonds is 0. The average Bonchev–Trinajstić information content (AvgIpc) is 1.65. The minimum absolute atomic E-state index is 0.391. The minimum atomic E-state index is 0.391. The van der Waals surface area contributed by atoms with Crippen molar-refractivity contribution in [1.29, 1.82) is 0 Å². The molecule has 0 amide bonds. The smallest absolute Gasteiger partial charge is 0.0705 e. The lowest BCUT2D eigenvalue weighted by Gasteiger charge is -2.19. The molecule has 0 aromatic heterocycles. The molecule has 1 fully saturated rings. The van der Waals surface area contributed by atoms with Crippen LogP contribution in [0.25, 0.3) is 0 Å². The van der Waals surface area contributed by atoms with Crippen LogP contribution in [-0.4, -0.2) is 14.8 Å². The summed E-state index contributed by atoms with van der Waals surface area (Å²) >= 11 is 2.21. The van der Waals surface area contributed by atoms with E-state index in [1.54, 1.807) is 0 Å². The number of oxime groups is 1. The summed E-state index contributed by atoms with van der Waals surface area (Å²) in [6.07, 6.45) is 2.96. The van der Waals surface area contributed by atoms with Crippen LogP contribution in [0.3, 0.4) is 0 Å². The molecule has 1 radical (unpaired) electrons. The average molecular weight is 210 g/mol. The Bertz CT molecular complexity index is 102. The maximum atomic E-state index is 8.12. The van der Waals surface area contributed by atoms with Crippen LogP contribution < -0.4 is 0 Å². The highest BCUT2D eigenvalue weighted by atomic mass is 127. The lowest BCUT2D eigenvalue weighted by atomic mass is 9.98. The van der Waals surface area contributed by atoms with Crippen LogP contribution in [0, 0.1) is 6.42 Å². The molecule has 0 aliphatic heterocycles. The first-order valence-electron chi connectivity index (χ1n) is 2.03. The predicted octanol–water partition coefficient (Wildman–Crippen LogP) is 1.23. The monoisotopic (exact) mass is 210 g/mol. The van der Waals surface area contributed by atoms with Gasteiger partial charge in [0.15, 0.2) is 0 Å². The first kappa shape index (κ1) is 5.34. The molecule has 0 aromatic rings. The molecule has 7 heavy (non-hydrogen) atoms. The number of halogens is 1. The van der Waals surface area contributed by atoms with E-state index in [9.17, 15) is 0 Å². The van der Waals surface area contributed by atoms with Crippen LogP contribution in [0.5, 0.6) is 0 Å². The van der Waals surface area contributed by atoms with E-state index in [1.807, 2.05) is 0 Å². The van der Waals surface area contributed by atoms with E-state index in [0.717, 1.165) is 12.1 Å². The van der Waals surface area contributed by atoms with Gasteiger partial charge < -0.3 is 5.21 Å². The molecular formula is C4H5INO. The summed E-state index contributed by atoms with van der Waals surface area (Å²) in [6.45, 7) is 0. The number of alkyl halides is 1. The van der Waals surface area contributed by atoms with Crippen molar-refractivity contribution >= 4 is 28.3 Å². The van der Waals surface area contributed by atoms with E-state index in [-0.39, 0.29) is 0 Å². The fraction of sp³-hybridized carbons (Fsp3) is 0.500. The van der Waals surface area contributed by atoms with Gasteiger partial charge in [0.1, 0.15) is 0 Å². The molecular weight excluding hydrogens is 205 g/mol. The molecule has 0 spiro atoms. The van der Waals surface area contributed by atoms with Crippen LogP contribution in [0.2, 0.25) is 0 Å². The first-order chi connectivity index (χ1) is 3.34. The second kappa shape index (κ2) is 1.98. The molecule has 2 nitrogen and oxygen atoms in total. The van der Waals surface area contributed by atoms with Crippen molar-refractivity contribution in [2.45, 2.75) is 10.3 Å². The quantitative estimate of drug-likeness (QED) is 0.277. The number of hydrogen-bond donors (Lipinski definition) is 1. The highest BCUT2D eigenvalue weighted by molar-refractivity contribution is 14.1. The Morgan fingerprint density at radius 3 is 2.71 bits per heavy atom. The van der Waals surface area contributed by atoms with E-state index in [1.165, 1.54) is 0 Å². The van der Waals surface area contributed by atoms with Crippen LogP contribution >= 0.6 is 22.6 Å². The van der Waals surface area contributed by atoms with Crippen molar-refractivity contribution in [2.75, 3.05) is 0 Å². The molecule has 1 atom stereocenters. The molecule has 1 aliphatic rings. The summed E-state index contributed by atoms with van der Waals surface area (Å²) < 4.78 is 0.391. The van der Waals surface area contributed by atoms with Gasteiger partial charge in [0.2, 0.25) is 0 Å². The van der Waals surface area contributed by atoms with Gasteiger partial charge in [-0.15, -0.1) is 0 Å². The van der Waals surface area contributed by atoms with Gasteiger partial charge in [-0.2, -0.15) is 0 Å². The second-order valence-electron chi connectivity index (χ2n) is 1.43. The Kier molecular flexibility index (Phi) is 1.51. The molecule has 0 bridgehead atoms. The van der Waals surface area contributed by atoms with Crippen LogP contribution in [0.4, 0.5) is 0 Å². The fourth-order valence-corrected chi connectivity index (χ4v) is 1.04. The third-order valence-electron chi connectivity index (χ3n) is 0.981. The molecule has 1 rings (SSSR count). The summed E-state index contributed by atoms with van der Waals surface area (Å²) in [5.41, 5.74) is 0.889. The van der Waals surface area contributed by atoms with Crippen LogP contribution in [-0.2, 0) is 0 Å². The molecule has 3 heteroatoms.